The second-order valence-corrected chi connectivity index (χ2v) is 7.36. The summed E-state index contributed by atoms with van der Waals surface area (Å²) in [6, 6.07) is 9.55. The molecule has 1 fully saturated rings. The Hall–Kier alpha value is -3.49. The average Bonchev–Trinajstić information content (AvgIpc) is 3.57. The summed E-state index contributed by atoms with van der Waals surface area (Å²) in [6.45, 7) is 1.02. The SMILES string of the molecule is CN=C(NCc1nc(-c2ccco2)n[nH]1)NCc1ccc(OC)cc1OC1CCCC1. The maximum atomic E-state index is 6.27. The Labute approximate surface area is 181 Å². The van der Waals surface area contributed by atoms with Gasteiger partial charge in [-0.3, -0.25) is 10.1 Å². The summed E-state index contributed by atoms with van der Waals surface area (Å²) in [4.78, 5) is 8.72. The second-order valence-electron chi connectivity index (χ2n) is 7.36. The van der Waals surface area contributed by atoms with Crippen LogP contribution in [0.5, 0.6) is 11.5 Å². The van der Waals surface area contributed by atoms with Gasteiger partial charge in [0.1, 0.15) is 17.3 Å². The number of methoxy groups -OCH3 is 1. The molecule has 0 aliphatic heterocycles. The maximum Gasteiger partial charge on any atom is 0.216 e. The molecule has 0 amide bonds. The van der Waals surface area contributed by atoms with E-state index in [-0.39, 0.29) is 6.10 Å². The van der Waals surface area contributed by atoms with E-state index in [0.29, 0.717) is 36.5 Å². The zero-order valence-electron chi connectivity index (χ0n) is 17.9. The molecule has 0 unspecified atom stereocenters. The van der Waals surface area contributed by atoms with Crippen LogP contribution in [0.25, 0.3) is 11.6 Å². The summed E-state index contributed by atoms with van der Waals surface area (Å²) in [5, 5.41) is 13.7. The van der Waals surface area contributed by atoms with Crippen molar-refractivity contribution >= 4 is 5.96 Å². The third kappa shape index (κ3) is 5.36. The zero-order valence-corrected chi connectivity index (χ0v) is 17.9. The Morgan fingerprint density at radius 3 is 2.81 bits per heavy atom. The first kappa shape index (κ1) is 20.8. The first-order valence-electron chi connectivity index (χ1n) is 10.5. The molecule has 2 heterocycles. The molecule has 9 nitrogen and oxygen atoms in total. The molecule has 164 valence electrons. The van der Waals surface area contributed by atoms with Gasteiger partial charge in [0.05, 0.1) is 26.0 Å². The number of benzene rings is 1. The van der Waals surface area contributed by atoms with E-state index in [1.807, 2.05) is 24.3 Å². The molecule has 3 aromatic rings. The summed E-state index contributed by atoms with van der Waals surface area (Å²) >= 11 is 0. The lowest BCUT2D eigenvalue weighted by molar-refractivity contribution is 0.207. The maximum absolute atomic E-state index is 6.27. The molecular weight excluding hydrogens is 396 g/mol. The van der Waals surface area contributed by atoms with Gasteiger partial charge in [-0.1, -0.05) is 0 Å². The average molecular weight is 425 g/mol. The minimum atomic E-state index is 0.276. The largest absolute Gasteiger partial charge is 0.497 e. The van der Waals surface area contributed by atoms with Gasteiger partial charge in [0.2, 0.25) is 5.82 Å². The molecule has 2 aromatic heterocycles. The van der Waals surface area contributed by atoms with Gasteiger partial charge in [-0.2, -0.15) is 0 Å². The number of ether oxygens (including phenoxy) is 2. The van der Waals surface area contributed by atoms with Crippen LogP contribution in [0, 0.1) is 0 Å². The second kappa shape index (κ2) is 10.0. The van der Waals surface area contributed by atoms with Crippen LogP contribution in [0.3, 0.4) is 0 Å². The normalized spacial score (nSPS) is 14.6. The lowest BCUT2D eigenvalue weighted by Gasteiger charge is -2.18. The van der Waals surface area contributed by atoms with E-state index < -0.39 is 0 Å². The molecule has 0 spiro atoms. The molecule has 3 N–H and O–H groups in total. The third-order valence-corrected chi connectivity index (χ3v) is 5.24. The standard InChI is InChI=1S/C22H28N6O3/c1-23-22(25-14-20-26-21(28-27-20)18-8-5-11-30-18)24-13-15-9-10-17(29-2)12-19(15)31-16-6-3-4-7-16/h5,8-12,16H,3-4,6-7,13-14H2,1-2H3,(H2,23,24,25)(H,26,27,28). The monoisotopic (exact) mass is 424 g/mol. The highest BCUT2D eigenvalue weighted by molar-refractivity contribution is 5.79. The Morgan fingerprint density at radius 1 is 1.23 bits per heavy atom. The number of guanidine groups is 1. The molecule has 1 aromatic carbocycles. The number of rotatable bonds is 8. The summed E-state index contributed by atoms with van der Waals surface area (Å²) in [7, 11) is 3.40. The molecule has 1 aliphatic rings. The topological polar surface area (TPSA) is 110 Å². The number of nitrogens with one attached hydrogen (secondary N) is 3. The molecule has 1 aliphatic carbocycles. The third-order valence-electron chi connectivity index (χ3n) is 5.24. The predicted molar refractivity (Wildman–Crippen MR) is 117 cm³/mol. The van der Waals surface area contributed by atoms with Crippen LogP contribution in [-0.4, -0.2) is 41.4 Å². The molecule has 0 bridgehead atoms. The fraction of sp³-hybridized carbons (Fsp3) is 0.409. The summed E-state index contributed by atoms with van der Waals surface area (Å²) in [6.07, 6.45) is 6.52. The van der Waals surface area contributed by atoms with E-state index in [4.69, 9.17) is 13.9 Å². The van der Waals surface area contributed by atoms with Gasteiger partial charge < -0.3 is 24.5 Å². The van der Waals surface area contributed by atoms with Crippen LogP contribution in [0.1, 0.15) is 37.1 Å². The van der Waals surface area contributed by atoms with Gasteiger partial charge in [0, 0.05) is 25.2 Å². The quantitative estimate of drug-likeness (QED) is 0.376. The number of aliphatic imine (C=N–C) groups is 1. The zero-order chi connectivity index (χ0) is 21.5. The fourth-order valence-electron chi connectivity index (χ4n) is 3.56. The van der Waals surface area contributed by atoms with E-state index in [1.54, 1.807) is 26.5 Å². The molecule has 4 rings (SSSR count). The van der Waals surface area contributed by atoms with E-state index in [1.165, 1.54) is 12.8 Å². The number of furan rings is 1. The molecule has 0 radical (unpaired) electrons. The molecule has 9 heteroatoms. The van der Waals surface area contributed by atoms with Crippen molar-refractivity contribution in [3.63, 3.8) is 0 Å². The van der Waals surface area contributed by atoms with Gasteiger partial charge in [0.15, 0.2) is 11.7 Å². The number of H-pyrrole nitrogens is 1. The highest BCUT2D eigenvalue weighted by Crippen LogP contribution is 2.30. The smallest absolute Gasteiger partial charge is 0.216 e. The van der Waals surface area contributed by atoms with E-state index in [9.17, 15) is 0 Å². The number of nitrogens with zero attached hydrogens (tertiary/aromatic N) is 3. The molecule has 0 atom stereocenters. The van der Waals surface area contributed by atoms with Crippen molar-refractivity contribution in [1.29, 1.82) is 0 Å². The fourth-order valence-corrected chi connectivity index (χ4v) is 3.56. The number of hydrogen-bond acceptors (Lipinski definition) is 6. The van der Waals surface area contributed by atoms with Crippen molar-refractivity contribution in [3.05, 3.63) is 48.0 Å². The minimum Gasteiger partial charge on any atom is -0.497 e. The first-order valence-corrected chi connectivity index (χ1v) is 10.5. The van der Waals surface area contributed by atoms with Gasteiger partial charge in [-0.15, -0.1) is 5.10 Å². The number of hydrogen-bond donors (Lipinski definition) is 3. The molecule has 31 heavy (non-hydrogen) atoms. The highest BCUT2D eigenvalue weighted by Gasteiger charge is 2.18. The van der Waals surface area contributed by atoms with Crippen molar-refractivity contribution in [3.8, 4) is 23.1 Å². The lowest BCUT2D eigenvalue weighted by Crippen LogP contribution is -2.36. The summed E-state index contributed by atoms with van der Waals surface area (Å²) in [5.74, 6) is 4.13. The van der Waals surface area contributed by atoms with Crippen LogP contribution >= 0.6 is 0 Å². The number of aromatic amines is 1. The Morgan fingerprint density at radius 2 is 2.06 bits per heavy atom. The van der Waals surface area contributed by atoms with Crippen molar-refractivity contribution in [1.82, 2.24) is 25.8 Å². The highest BCUT2D eigenvalue weighted by atomic mass is 16.5. The predicted octanol–water partition coefficient (Wildman–Crippen LogP) is 3.26. The summed E-state index contributed by atoms with van der Waals surface area (Å²) < 4.78 is 17.0. The van der Waals surface area contributed by atoms with E-state index in [0.717, 1.165) is 29.9 Å². The van der Waals surface area contributed by atoms with Crippen molar-refractivity contribution in [2.75, 3.05) is 14.2 Å². The van der Waals surface area contributed by atoms with Gasteiger partial charge in [-0.25, -0.2) is 4.98 Å². The van der Waals surface area contributed by atoms with Crippen LogP contribution in [-0.2, 0) is 13.1 Å². The van der Waals surface area contributed by atoms with Crippen LogP contribution < -0.4 is 20.1 Å². The van der Waals surface area contributed by atoms with Crippen molar-refractivity contribution < 1.29 is 13.9 Å². The summed E-state index contributed by atoms with van der Waals surface area (Å²) in [5.41, 5.74) is 1.05. The first-order chi connectivity index (χ1) is 15.2. The Balaban J connectivity index is 1.35. The van der Waals surface area contributed by atoms with Gasteiger partial charge in [0.25, 0.3) is 0 Å². The molecule has 0 saturated heterocycles. The van der Waals surface area contributed by atoms with E-state index >= 15 is 0 Å². The minimum absolute atomic E-state index is 0.276. The number of aromatic nitrogens is 3. The van der Waals surface area contributed by atoms with Crippen molar-refractivity contribution in [2.45, 2.75) is 44.9 Å². The van der Waals surface area contributed by atoms with Gasteiger partial charge >= 0.3 is 0 Å². The Kier molecular flexibility index (Phi) is 6.71. The lowest BCUT2D eigenvalue weighted by atomic mass is 10.2. The molecular formula is C22H28N6O3. The van der Waals surface area contributed by atoms with Crippen LogP contribution in [0.15, 0.2) is 46.0 Å². The van der Waals surface area contributed by atoms with Gasteiger partial charge in [-0.05, 0) is 49.9 Å². The Bertz CT molecular complexity index is 993. The van der Waals surface area contributed by atoms with Crippen LogP contribution in [0.4, 0.5) is 0 Å². The van der Waals surface area contributed by atoms with Crippen LogP contribution in [0.2, 0.25) is 0 Å². The molecule has 1 saturated carbocycles. The van der Waals surface area contributed by atoms with E-state index in [2.05, 4.69) is 30.8 Å². The van der Waals surface area contributed by atoms with Crippen molar-refractivity contribution in [2.24, 2.45) is 4.99 Å².